The van der Waals surface area contributed by atoms with Crippen LogP contribution < -0.4 is 5.32 Å². The predicted octanol–water partition coefficient (Wildman–Crippen LogP) is 4.97. The lowest BCUT2D eigenvalue weighted by atomic mass is 10.2. The van der Waals surface area contributed by atoms with Crippen LogP contribution in [0.2, 0.25) is 0 Å². The van der Waals surface area contributed by atoms with Gasteiger partial charge in [0.25, 0.3) is 5.91 Å². The molecule has 1 N–H and O–H groups in total. The maximum atomic E-state index is 12.5. The number of rotatable bonds is 6. The first-order valence-corrected chi connectivity index (χ1v) is 11.5. The molecule has 0 saturated carbocycles. The normalized spacial score (nSPS) is 11.3. The molecule has 4 heterocycles. The number of carbonyl (C=O) groups is 1. The van der Waals surface area contributed by atoms with Crippen molar-refractivity contribution in [1.82, 2.24) is 24.1 Å². The van der Waals surface area contributed by atoms with E-state index in [4.69, 9.17) is 0 Å². The molecule has 0 aliphatic carbocycles. The first-order valence-electron chi connectivity index (χ1n) is 9.71. The molecule has 0 spiro atoms. The van der Waals surface area contributed by atoms with Gasteiger partial charge in [0, 0.05) is 45.5 Å². The highest BCUT2D eigenvalue weighted by Gasteiger charge is 2.08. The molecule has 154 valence electrons. The van der Waals surface area contributed by atoms with Crippen LogP contribution in [0.4, 0.5) is 0 Å². The van der Waals surface area contributed by atoms with E-state index >= 15 is 0 Å². The monoisotopic (exact) mass is 491 g/mol. The molecule has 0 atom stereocenters. The second-order valence-electron chi connectivity index (χ2n) is 7.04. The Morgan fingerprint density at radius 3 is 2.52 bits per heavy atom. The van der Waals surface area contributed by atoms with Gasteiger partial charge < -0.3 is 14.1 Å². The van der Waals surface area contributed by atoms with Gasteiger partial charge in [-0.1, -0.05) is 6.07 Å². The van der Waals surface area contributed by atoms with Crippen molar-refractivity contribution in [2.24, 2.45) is 0 Å². The Labute approximate surface area is 191 Å². The van der Waals surface area contributed by atoms with Gasteiger partial charge in [0.1, 0.15) is 11.3 Å². The molecule has 5 aromatic rings. The van der Waals surface area contributed by atoms with E-state index in [1.807, 2.05) is 88.2 Å². The van der Waals surface area contributed by atoms with E-state index in [1.54, 1.807) is 11.8 Å². The van der Waals surface area contributed by atoms with Crippen molar-refractivity contribution in [3.63, 3.8) is 0 Å². The first kappa shape index (κ1) is 19.8. The predicted molar refractivity (Wildman–Crippen MR) is 125 cm³/mol. The Balaban J connectivity index is 1.18. The lowest BCUT2D eigenvalue weighted by molar-refractivity contribution is 0.0950. The average molecular weight is 492 g/mol. The fraction of sp³-hybridized carbons (Fsp3) is 0.0870. The van der Waals surface area contributed by atoms with E-state index in [2.05, 4.69) is 31.2 Å². The number of hydrogen-bond acceptors (Lipinski definition) is 4. The molecule has 0 bridgehead atoms. The minimum absolute atomic E-state index is 0.116. The van der Waals surface area contributed by atoms with E-state index in [0.29, 0.717) is 12.1 Å². The number of amides is 1. The van der Waals surface area contributed by atoms with Crippen LogP contribution in [-0.4, -0.2) is 24.7 Å². The molecule has 0 aliphatic heterocycles. The number of halogens is 1. The zero-order valence-corrected chi connectivity index (χ0v) is 18.8. The van der Waals surface area contributed by atoms with E-state index < -0.39 is 0 Å². The van der Waals surface area contributed by atoms with Crippen molar-refractivity contribution in [3.8, 4) is 0 Å². The standard InChI is InChI=1S/C23H18BrN5OS/c24-17-6-9-22-26-18(13-29(22)12-17)11-25-23(30)16-4-7-20(8-5-16)31-15-19-14-28-10-2-1-3-21(28)27-19/h1-10,12-14H,11,15H2,(H,25,30). The lowest BCUT2D eigenvalue weighted by Gasteiger charge is -2.05. The maximum Gasteiger partial charge on any atom is 0.251 e. The second kappa shape index (κ2) is 8.56. The number of imidazole rings is 2. The highest BCUT2D eigenvalue weighted by atomic mass is 79.9. The van der Waals surface area contributed by atoms with Crippen LogP contribution in [-0.2, 0) is 12.3 Å². The highest BCUT2D eigenvalue weighted by Crippen LogP contribution is 2.23. The molecule has 0 radical (unpaired) electrons. The molecule has 5 rings (SSSR count). The molecular formula is C23H18BrN5OS. The number of benzene rings is 1. The maximum absolute atomic E-state index is 12.5. The summed E-state index contributed by atoms with van der Waals surface area (Å²) in [7, 11) is 0. The largest absolute Gasteiger partial charge is 0.346 e. The van der Waals surface area contributed by atoms with Crippen LogP contribution in [0.25, 0.3) is 11.3 Å². The van der Waals surface area contributed by atoms with Gasteiger partial charge in [0.05, 0.1) is 17.9 Å². The minimum atomic E-state index is -0.116. The minimum Gasteiger partial charge on any atom is -0.346 e. The number of fused-ring (bicyclic) bond motifs is 2. The highest BCUT2D eigenvalue weighted by molar-refractivity contribution is 9.10. The van der Waals surface area contributed by atoms with Crippen LogP contribution in [0.3, 0.4) is 0 Å². The topological polar surface area (TPSA) is 63.7 Å². The van der Waals surface area contributed by atoms with E-state index in [-0.39, 0.29) is 5.91 Å². The van der Waals surface area contributed by atoms with E-state index in [1.165, 1.54) is 0 Å². The summed E-state index contributed by atoms with van der Waals surface area (Å²) >= 11 is 5.15. The van der Waals surface area contributed by atoms with Crippen molar-refractivity contribution in [2.45, 2.75) is 17.2 Å². The Hall–Kier alpha value is -3.10. The fourth-order valence-electron chi connectivity index (χ4n) is 3.29. The first-order chi connectivity index (χ1) is 15.1. The van der Waals surface area contributed by atoms with Gasteiger partial charge in [-0.3, -0.25) is 4.79 Å². The third-order valence-corrected chi connectivity index (χ3v) is 6.33. The fourth-order valence-corrected chi connectivity index (χ4v) is 4.43. The van der Waals surface area contributed by atoms with Gasteiger partial charge in [-0.05, 0) is 64.5 Å². The zero-order chi connectivity index (χ0) is 21.2. The van der Waals surface area contributed by atoms with Gasteiger partial charge in [0.2, 0.25) is 0 Å². The summed E-state index contributed by atoms with van der Waals surface area (Å²) in [5.41, 5.74) is 4.26. The summed E-state index contributed by atoms with van der Waals surface area (Å²) in [5.74, 6) is 0.659. The van der Waals surface area contributed by atoms with Gasteiger partial charge in [-0.2, -0.15) is 0 Å². The number of thioether (sulfide) groups is 1. The van der Waals surface area contributed by atoms with Crippen molar-refractivity contribution < 1.29 is 4.79 Å². The molecule has 8 heteroatoms. The quantitative estimate of drug-likeness (QED) is 0.340. The summed E-state index contributed by atoms with van der Waals surface area (Å²) in [6.45, 7) is 0.377. The molecule has 0 aliphatic rings. The number of aromatic nitrogens is 4. The number of nitrogens with zero attached hydrogens (tertiary/aromatic N) is 4. The summed E-state index contributed by atoms with van der Waals surface area (Å²) in [5, 5.41) is 2.94. The van der Waals surface area contributed by atoms with Crippen molar-refractivity contribution in [1.29, 1.82) is 0 Å². The number of nitrogens with one attached hydrogen (secondary N) is 1. The molecule has 1 aromatic carbocycles. The summed E-state index contributed by atoms with van der Waals surface area (Å²) in [6.07, 6.45) is 7.90. The van der Waals surface area contributed by atoms with Crippen LogP contribution >= 0.6 is 27.7 Å². The number of pyridine rings is 2. The molecule has 4 aromatic heterocycles. The van der Waals surface area contributed by atoms with Crippen LogP contribution in [0.1, 0.15) is 21.7 Å². The summed E-state index contributed by atoms with van der Waals surface area (Å²) < 4.78 is 4.93. The summed E-state index contributed by atoms with van der Waals surface area (Å²) in [4.78, 5) is 22.7. The van der Waals surface area contributed by atoms with E-state index in [9.17, 15) is 4.79 Å². The SMILES string of the molecule is O=C(NCc1cn2cc(Br)ccc2n1)c1ccc(SCc2cn3ccccc3n2)cc1. The third kappa shape index (κ3) is 4.50. The molecule has 1 amide bonds. The smallest absolute Gasteiger partial charge is 0.251 e. The van der Waals surface area contributed by atoms with Crippen LogP contribution in [0.15, 0.2) is 88.8 Å². The molecule has 0 fully saturated rings. The Kier molecular flexibility index (Phi) is 5.48. The lowest BCUT2D eigenvalue weighted by Crippen LogP contribution is -2.22. The number of carbonyl (C=O) groups excluding carboxylic acids is 1. The number of hydrogen-bond donors (Lipinski definition) is 1. The molecular weight excluding hydrogens is 474 g/mol. The van der Waals surface area contributed by atoms with Gasteiger partial charge >= 0.3 is 0 Å². The Morgan fingerprint density at radius 1 is 0.903 bits per heavy atom. The second-order valence-corrected chi connectivity index (χ2v) is 9.00. The zero-order valence-electron chi connectivity index (χ0n) is 16.4. The third-order valence-electron chi connectivity index (χ3n) is 4.81. The summed E-state index contributed by atoms with van der Waals surface area (Å²) in [6, 6.07) is 17.5. The van der Waals surface area contributed by atoms with Gasteiger partial charge in [0.15, 0.2) is 0 Å². The van der Waals surface area contributed by atoms with Crippen molar-refractivity contribution >= 4 is 44.9 Å². The average Bonchev–Trinajstić information content (AvgIpc) is 3.39. The van der Waals surface area contributed by atoms with Gasteiger partial charge in [-0.25, -0.2) is 9.97 Å². The Morgan fingerprint density at radius 2 is 1.68 bits per heavy atom. The van der Waals surface area contributed by atoms with Gasteiger partial charge in [-0.15, -0.1) is 11.8 Å². The van der Waals surface area contributed by atoms with E-state index in [0.717, 1.165) is 37.8 Å². The molecule has 31 heavy (non-hydrogen) atoms. The van der Waals surface area contributed by atoms with Crippen molar-refractivity contribution in [3.05, 3.63) is 101 Å². The molecule has 0 saturated heterocycles. The Bertz CT molecular complexity index is 1340. The van der Waals surface area contributed by atoms with Crippen LogP contribution in [0, 0.1) is 0 Å². The molecule has 0 unspecified atom stereocenters. The molecule has 6 nitrogen and oxygen atoms in total. The van der Waals surface area contributed by atoms with Crippen molar-refractivity contribution in [2.75, 3.05) is 0 Å². The van der Waals surface area contributed by atoms with Crippen LogP contribution in [0.5, 0.6) is 0 Å².